The van der Waals surface area contributed by atoms with Crippen molar-refractivity contribution in [1.82, 2.24) is 0 Å². The van der Waals surface area contributed by atoms with Gasteiger partial charge in [-0.15, -0.1) is 0 Å². The molecule has 0 unspecified atom stereocenters. The van der Waals surface area contributed by atoms with Crippen molar-refractivity contribution >= 4 is 10.8 Å². The van der Waals surface area contributed by atoms with Crippen molar-refractivity contribution in [2.75, 3.05) is 19.8 Å². The molecule has 25 heavy (non-hydrogen) atoms. The summed E-state index contributed by atoms with van der Waals surface area (Å²) in [4.78, 5) is 0. The third-order valence-electron chi connectivity index (χ3n) is 4.01. The molecule has 2 rings (SSSR count). The number of hydrogen-bond acceptors (Lipinski definition) is 4. The van der Waals surface area contributed by atoms with Crippen molar-refractivity contribution in [3.05, 3.63) is 36.4 Å². The summed E-state index contributed by atoms with van der Waals surface area (Å²) in [7, 11) is 0. The maximum absolute atomic E-state index is 9.04. The van der Waals surface area contributed by atoms with Gasteiger partial charge in [-0.25, -0.2) is 0 Å². The molecule has 0 spiro atoms. The van der Waals surface area contributed by atoms with Gasteiger partial charge in [-0.3, -0.25) is 0 Å². The third kappa shape index (κ3) is 7.32. The molecule has 0 bridgehead atoms. The average molecular weight is 346 g/mol. The fourth-order valence-corrected chi connectivity index (χ4v) is 2.66. The van der Waals surface area contributed by atoms with E-state index in [-0.39, 0.29) is 0 Å². The SMILES string of the molecule is CCCCCCCOc1ccc2cc(OCCO[C@@H](C)O)ccc2c1. The van der Waals surface area contributed by atoms with Crippen LogP contribution in [-0.4, -0.2) is 31.2 Å². The number of fused-ring (bicyclic) bond motifs is 1. The van der Waals surface area contributed by atoms with Gasteiger partial charge in [-0.1, -0.05) is 44.7 Å². The van der Waals surface area contributed by atoms with Gasteiger partial charge >= 0.3 is 0 Å². The van der Waals surface area contributed by atoms with Crippen molar-refractivity contribution in [1.29, 1.82) is 0 Å². The monoisotopic (exact) mass is 346 g/mol. The van der Waals surface area contributed by atoms with Gasteiger partial charge in [0.1, 0.15) is 18.1 Å². The molecule has 0 aliphatic rings. The summed E-state index contributed by atoms with van der Waals surface area (Å²) in [6.07, 6.45) is 5.46. The van der Waals surface area contributed by atoms with E-state index >= 15 is 0 Å². The van der Waals surface area contributed by atoms with Gasteiger partial charge in [0.15, 0.2) is 6.29 Å². The first-order valence-electron chi connectivity index (χ1n) is 9.28. The van der Waals surface area contributed by atoms with Crippen LogP contribution in [0, 0.1) is 0 Å². The van der Waals surface area contributed by atoms with E-state index in [2.05, 4.69) is 19.1 Å². The summed E-state index contributed by atoms with van der Waals surface area (Å²) in [5.74, 6) is 1.72. The molecule has 4 heteroatoms. The van der Waals surface area contributed by atoms with E-state index < -0.39 is 6.29 Å². The molecule has 2 aromatic carbocycles. The highest BCUT2D eigenvalue weighted by atomic mass is 16.6. The second-order valence-electron chi connectivity index (χ2n) is 6.25. The Balaban J connectivity index is 1.81. The highest BCUT2D eigenvalue weighted by Gasteiger charge is 2.02. The topological polar surface area (TPSA) is 47.9 Å². The molecule has 0 aliphatic carbocycles. The molecule has 0 radical (unpaired) electrons. The van der Waals surface area contributed by atoms with Crippen LogP contribution in [0.1, 0.15) is 46.0 Å². The molecule has 0 aromatic heterocycles. The highest BCUT2D eigenvalue weighted by Crippen LogP contribution is 2.25. The molecular weight excluding hydrogens is 316 g/mol. The Bertz CT molecular complexity index is 624. The third-order valence-corrected chi connectivity index (χ3v) is 4.01. The first kappa shape index (κ1) is 19.5. The van der Waals surface area contributed by atoms with E-state index in [1.807, 2.05) is 24.3 Å². The van der Waals surface area contributed by atoms with E-state index in [9.17, 15) is 0 Å². The van der Waals surface area contributed by atoms with Gasteiger partial charge in [-0.05, 0) is 48.4 Å². The second kappa shape index (κ2) is 11.0. The number of aliphatic hydroxyl groups is 1. The van der Waals surface area contributed by atoms with E-state index in [0.717, 1.165) is 35.3 Å². The Hall–Kier alpha value is -1.78. The second-order valence-corrected chi connectivity index (χ2v) is 6.25. The highest BCUT2D eigenvalue weighted by molar-refractivity contribution is 5.85. The quantitative estimate of drug-likeness (QED) is 0.437. The van der Waals surface area contributed by atoms with Crippen LogP contribution in [0.15, 0.2) is 36.4 Å². The van der Waals surface area contributed by atoms with Crippen molar-refractivity contribution < 1.29 is 19.3 Å². The van der Waals surface area contributed by atoms with Crippen LogP contribution in [0.4, 0.5) is 0 Å². The molecule has 138 valence electrons. The molecule has 0 saturated heterocycles. The predicted octanol–water partition coefficient (Wildman–Crippen LogP) is 4.92. The molecule has 2 aromatic rings. The number of ether oxygens (including phenoxy) is 3. The zero-order chi connectivity index (χ0) is 17.9. The maximum Gasteiger partial charge on any atom is 0.151 e. The van der Waals surface area contributed by atoms with Gasteiger partial charge in [0.25, 0.3) is 0 Å². The normalized spacial score (nSPS) is 12.3. The number of benzene rings is 2. The summed E-state index contributed by atoms with van der Waals surface area (Å²) >= 11 is 0. The van der Waals surface area contributed by atoms with Gasteiger partial charge in [-0.2, -0.15) is 0 Å². The number of aliphatic hydroxyl groups excluding tert-OH is 1. The lowest BCUT2D eigenvalue weighted by molar-refractivity contribution is -0.0913. The maximum atomic E-state index is 9.04. The largest absolute Gasteiger partial charge is 0.494 e. The lowest BCUT2D eigenvalue weighted by atomic mass is 10.1. The number of unbranched alkanes of at least 4 members (excludes halogenated alkanes) is 4. The van der Waals surface area contributed by atoms with Crippen molar-refractivity contribution in [3.8, 4) is 11.5 Å². The minimum atomic E-state index is -0.759. The Morgan fingerprint density at radius 3 is 2.00 bits per heavy atom. The summed E-state index contributed by atoms with van der Waals surface area (Å²) in [6, 6.07) is 12.1. The van der Waals surface area contributed by atoms with Crippen LogP contribution >= 0.6 is 0 Å². The van der Waals surface area contributed by atoms with E-state index in [1.165, 1.54) is 25.7 Å². The Morgan fingerprint density at radius 1 is 0.800 bits per heavy atom. The molecule has 0 aliphatic heterocycles. The predicted molar refractivity (Wildman–Crippen MR) is 101 cm³/mol. The Morgan fingerprint density at radius 2 is 1.40 bits per heavy atom. The zero-order valence-corrected chi connectivity index (χ0v) is 15.4. The van der Waals surface area contributed by atoms with Crippen LogP contribution in [0.2, 0.25) is 0 Å². The summed E-state index contributed by atoms with van der Waals surface area (Å²) < 4.78 is 16.5. The first-order valence-corrected chi connectivity index (χ1v) is 9.28. The van der Waals surface area contributed by atoms with Crippen LogP contribution < -0.4 is 9.47 Å². The number of rotatable bonds is 12. The molecular formula is C21H30O4. The van der Waals surface area contributed by atoms with Gasteiger partial charge in [0.05, 0.1) is 13.2 Å². The van der Waals surface area contributed by atoms with E-state index in [0.29, 0.717) is 13.2 Å². The van der Waals surface area contributed by atoms with Crippen LogP contribution in [0.25, 0.3) is 10.8 Å². The van der Waals surface area contributed by atoms with Crippen LogP contribution in [0.5, 0.6) is 11.5 Å². The van der Waals surface area contributed by atoms with Gasteiger partial charge in [0, 0.05) is 0 Å². The van der Waals surface area contributed by atoms with Gasteiger partial charge in [0.2, 0.25) is 0 Å². The van der Waals surface area contributed by atoms with Gasteiger partial charge < -0.3 is 19.3 Å². The van der Waals surface area contributed by atoms with E-state index in [1.54, 1.807) is 6.92 Å². The molecule has 0 amide bonds. The standard InChI is InChI=1S/C21H30O4/c1-3-4-5-6-7-12-24-20-10-8-19-16-21(11-9-18(19)15-20)25-14-13-23-17(2)22/h8-11,15-17,22H,3-7,12-14H2,1-2H3/t17-/m0/s1. The summed E-state index contributed by atoms with van der Waals surface area (Å²) in [5, 5.41) is 11.3. The van der Waals surface area contributed by atoms with Crippen molar-refractivity contribution in [2.45, 2.75) is 52.2 Å². The van der Waals surface area contributed by atoms with Crippen LogP contribution in [0.3, 0.4) is 0 Å². The van der Waals surface area contributed by atoms with Crippen molar-refractivity contribution in [3.63, 3.8) is 0 Å². The molecule has 4 nitrogen and oxygen atoms in total. The lowest BCUT2D eigenvalue weighted by Gasteiger charge is -2.10. The average Bonchev–Trinajstić information content (AvgIpc) is 2.61. The molecule has 0 heterocycles. The summed E-state index contributed by atoms with van der Waals surface area (Å²) in [6.45, 7) is 5.36. The molecule has 1 atom stereocenters. The summed E-state index contributed by atoms with van der Waals surface area (Å²) in [5.41, 5.74) is 0. The molecule has 0 fully saturated rings. The van der Waals surface area contributed by atoms with Crippen molar-refractivity contribution in [2.24, 2.45) is 0 Å². The fourth-order valence-electron chi connectivity index (χ4n) is 2.66. The Labute approximate surface area is 150 Å². The zero-order valence-electron chi connectivity index (χ0n) is 15.4. The van der Waals surface area contributed by atoms with E-state index in [4.69, 9.17) is 19.3 Å². The minimum absolute atomic E-state index is 0.362. The number of hydrogen-bond donors (Lipinski definition) is 1. The molecule has 0 saturated carbocycles. The van der Waals surface area contributed by atoms with Crippen LogP contribution in [-0.2, 0) is 4.74 Å². The lowest BCUT2D eigenvalue weighted by Crippen LogP contribution is -2.13. The smallest absolute Gasteiger partial charge is 0.151 e. The minimum Gasteiger partial charge on any atom is -0.494 e. The molecule has 1 N–H and O–H groups in total. The Kier molecular flexibility index (Phi) is 8.56. The first-order chi connectivity index (χ1) is 12.2. The fraction of sp³-hybridized carbons (Fsp3) is 0.524.